The Kier molecular flexibility index (Phi) is 5.09. The average Bonchev–Trinajstić information content (AvgIpc) is 2.71. The Bertz CT molecular complexity index is 926. The number of hydrogen-bond donors (Lipinski definition) is 2. The topological polar surface area (TPSA) is 78.4 Å². The van der Waals surface area contributed by atoms with E-state index in [1.54, 1.807) is 18.3 Å². The van der Waals surface area contributed by atoms with Crippen LogP contribution in [0.25, 0.3) is 10.9 Å². The molecule has 1 amide bonds. The van der Waals surface area contributed by atoms with E-state index in [2.05, 4.69) is 26.3 Å². The number of amides is 1. The van der Waals surface area contributed by atoms with E-state index in [-0.39, 0.29) is 11.9 Å². The second-order valence-corrected chi connectivity index (χ2v) is 6.90. The van der Waals surface area contributed by atoms with Crippen LogP contribution in [-0.4, -0.2) is 51.1 Å². The predicted molar refractivity (Wildman–Crippen MR) is 103 cm³/mol. The fraction of sp³-hybridized carbons (Fsp3) is 0.286. The molecule has 27 heavy (non-hydrogen) atoms. The van der Waals surface area contributed by atoms with Gasteiger partial charge in [0.15, 0.2) is 0 Å². The third-order valence-corrected chi connectivity index (χ3v) is 5.04. The lowest BCUT2D eigenvalue weighted by molar-refractivity contribution is 0.0351. The van der Waals surface area contributed by atoms with Crippen LogP contribution < -0.4 is 5.32 Å². The first-order chi connectivity index (χ1) is 13.2. The number of hydrogen-bond acceptors (Lipinski definition) is 5. The summed E-state index contributed by atoms with van der Waals surface area (Å²) in [5, 5.41) is 14.6. The number of benzene rings is 1. The Labute approximate surface area is 157 Å². The molecule has 0 aliphatic carbocycles. The zero-order valence-corrected chi connectivity index (χ0v) is 15.0. The van der Waals surface area contributed by atoms with Gasteiger partial charge in [-0.15, -0.1) is 0 Å². The molecule has 0 saturated carbocycles. The highest BCUT2D eigenvalue weighted by Crippen LogP contribution is 2.20. The Morgan fingerprint density at radius 3 is 2.89 bits per heavy atom. The molecule has 6 heteroatoms. The van der Waals surface area contributed by atoms with E-state index >= 15 is 0 Å². The van der Waals surface area contributed by atoms with Crippen LogP contribution in [0, 0.1) is 0 Å². The van der Waals surface area contributed by atoms with E-state index in [1.807, 2.05) is 30.5 Å². The van der Waals surface area contributed by atoms with Crippen LogP contribution in [-0.2, 0) is 6.54 Å². The molecule has 138 valence electrons. The minimum Gasteiger partial charge on any atom is -0.390 e. The molecular formula is C21H22N4O2. The molecule has 1 aromatic carbocycles. The van der Waals surface area contributed by atoms with E-state index in [9.17, 15) is 9.90 Å². The lowest BCUT2D eigenvalue weighted by Crippen LogP contribution is -2.53. The zero-order chi connectivity index (χ0) is 18.6. The first kappa shape index (κ1) is 17.6. The van der Waals surface area contributed by atoms with Crippen LogP contribution in [0.3, 0.4) is 0 Å². The molecule has 1 saturated heterocycles. The standard InChI is InChI=1S/C21H22N4O2/c26-20-14-25(13-16-7-10-23-18-6-2-1-5-17(16)18)11-8-19(20)24-21(27)15-4-3-9-22-12-15/h1-7,9-10,12,19-20,26H,8,11,13-14H2,(H,24,27)/t19-,20-/m1/s1. The van der Waals surface area contributed by atoms with Crippen molar-refractivity contribution in [3.05, 3.63) is 72.2 Å². The Balaban J connectivity index is 1.39. The predicted octanol–water partition coefficient (Wildman–Crippen LogP) is 1.99. The molecule has 0 unspecified atom stereocenters. The monoisotopic (exact) mass is 362 g/mol. The SMILES string of the molecule is O=C(N[C@@H]1CCN(Cc2ccnc3ccccc23)C[C@H]1O)c1cccnc1. The van der Waals surface area contributed by atoms with E-state index < -0.39 is 6.10 Å². The van der Waals surface area contributed by atoms with Crippen LogP contribution in [0.4, 0.5) is 0 Å². The summed E-state index contributed by atoms with van der Waals surface area (Å²) >= 11 is 0. The highest BCUT2D eigenvalue weighted by molar-refractivity contribution is 5.94. The van der Waals surface area contributed by atoms with Gasteiger partial charge in [0, 0.05) is 43.6 Å². The highest BCUT2D eigenvalue weighted by atomic mass is 16.3. The van der Waals surface area contributed by atoms with Gasteiger partial charge in [0.2, 0.25) is 0 Å². The van der Waals surface area contributed by atoms with Gasteiger partial charge in [-0.3, -0.25) is 19.7 Å². The normalized spacial score (nSPS) is 20.5. The number of fused-ring (bicyclic) bond motifs is 1. The molecule has 3 aromatic rings. The maximum absolute atomic E-state index is 12.3. The van der Waals surface area contributed by atoms with Crippen LogP contribution in [0.5, 0.6) is 0 Å². The van der Waals surface area contributed by atoms with Crippen LogP contribution in [0.1, 0.15) is 22.3 Å². The number of piperidine rings is 1. The van der Waals surface area contributed by atoms with Crippen molar-refractivity contribution >= 4 is 16.8 Å². The van der Waals surface area contributed by atoms with Crippen LogP contribution in [0.2, 0.25) is 0 Å². The number of nitrogens with one attached hydrogen (secondary N) is 1. The number of nitrogens with zero attached hydrogens (tertiary/aromatic N) is 3. The summed E-state index contributed by atoms with van der Waals surface area (Å²) < 4.78 is 0. The first-order valence-corrected chi connectivity index (χ1v) is 9.14. The van der Waals surface area contributed by atoms with Crippen LogP contribution in [0.15, 0.2) is 61.1 Å². The highest BCUT2D eigenvalue weighted by Gasteiger charge is 2.29. The minimum absolute atomic E-state index is 0.194. The van der Waals surface area contributed by atoms with Crippen molar-refractivity contribution in [2.24, 2.45) is 0 Å². The summed E-state index contributed by atoms with van der Waals surface area (Å²) in [6.07, 6.45) is 5.09. The smallest absolute Gasteiger partial charge is 0.253 e. The van der Waals surface area contributed by atoms with Crippen molar-refractivity contribution in [1.82, 2.24) is 20.2 Å². The fourth-order valence-corrected chi connectivity index (χ4v) is 3.59. The fourth-order valence-electron chi connectivity index (χ4n) is 3.59. The summed E-state index contributed by atoms with van der Waals surface area (Å²) in [5.41, 5.74) is 2.69. The maximum Gasteiger partial charge on any atom is 0.253 e. The van der Waals surface area contributed by atoms with E-state index in [0.717, 1.165) is 24.0 Å². The Morgan fingerprint density at radius 1 is 1.19 bits per heavy atom. The number of likely N-dealkylation sites (tertiary alicyclic amines) is 1. The molecule has 0 spiro atoms. The quantitative estimate of drug-likeness (QED) is 0.742. The van der Waals surface area contributed by atoms with Crippen molar-refractivity contribution in [2.75, 3.05) is 13.1 Å². The molecule has 3 heterocycles. The van der Waals surface area contributed by atoms with E-state index in [0.29, 0.717) is 18.5 Å². The maximum atomic E-state index is 12.3. The van der Waals surface area contributed by atoms with Gasteiger partial charge in [0.25, 0.3) is 5.91 Å². The van der Waals surface area contributed by atoms with E-state index in [1.165, 1.54) is 11.8 Å². The number of pyridine rings is 2. The van der Waals surface area contributed by atoms with Crippen molar-refractivity contribution in [3.63, 3.8) is 0 Å². The lowest BCUT2D eigenvalue weighted by Gasteiger charge is -2.36. The summed E-state index contributed by atoms with van der Waals surface area (Å²) in [7, 11) is 0. The molecule has 4 rings (SSSR count). The number of para-hydroxylation sites is 1. The molecule has 0 bridgehead atoms. The molecule has 2 atom stereocenters. The van der Waals surface area contributed by atoms with Gasteiger partial charge in [-0.2, -0.15) is 0 Å². The van der Waals surface area contributed by atoms with Gasteiger partial charge in [-0.05, 0) is 36.2 Å². The van der Waals surface area contributed by atoms with Crippen molar-refractivity contribution < 1.29 is 9.90 Å². The number of carbonyl (C=O) groups excluding carboxylic acids is 1. The molecule has 1 fully saturated rings. The van der Waals surface area contributed by atoms with Gasteiger partial charge in [0.05, 0.1) is 23.2 Å². The number of carbonyl (C=O) groups is 1. The van der Waals surface area contributed by atoms with Gasteiger partial charge in [-0.1, -0.05) is 18.2 Å². The third-order valence-electron chi connectivity index (χ3n) is 5.04. The van der Waals surface area contributed by atoms with Crippen molar-refractivity contribution in [3.8, 4) is 0 Å². The summed E-state index contributed by atoms with van der Waals surface area (Å²) in [4.78, 5) is 22.9. The van der Waals surface area contributed by atoms with Gasteiger partial charge in [0.1, 0.15) is 0 Å². The average molecular weight is 362 g/mol. The molecular weight excluding hydrogens is 340 g/mol. The Morgan fingerprint density at radius 2 is 2.07 bits per heavy atom. The number of aromatic nitrogens is 2. The summed E-state index contributed by atoms with van der Waals surface area (Å²) in [5.74, 6) is -0.194. The second kappa shape index (κ2) is 7.82. The third kappa shape index (κ3) is 3.97. The molecule has 6 nitrogen and oxygen atoms in total. The number of aliphatic hydroxyl groups excluding tert-OH is 1. The van der Waals surface area contributed by atoms with Gasteiger partial charge < -0.3 is 10.4 Å². The number of β-amino-alcohol motifs (C(OH)–C–C–N with tert-alkyl or cyclic N) is 1. The van der Waals surface area contributed by atoms with Gasteiger partial charge >= 0.3 is 0 Å². The minimum atomic E-state index is -0.604. The van der Waals surface area contributed by atoms with E-state index in [4.69, 9.17) is 0 Å². The number of rotatable bonds is 4. The van der Waals surface area contributed by atoms with Crippen molar-refractivity contribution in [1.29, 1.82) is 0 Å². The van der Waals surface area contributed by atoms with Crippen LogP contribution >= 0.6 is 0 Å². The summed E-state index contributed by atoms with van der Waals surface area (Å²) in [6.45, 7) is 2.09. The molecule has 1 aliphatic rings. The lowest BCUT2D eigenvalue weighted by atomic mass is 10.00. The molecule has 1 aliphatic heterocycles. The molecule has 2 N–H and O–H groups in total. The molecule has 2 aromatic heterocycles. The Hall–Kier alpha value is -2.83. The van der Waals surface area contributed by atoms with Gasteiger partial charge in [-0.25, -0.2) is 0 Å². The molecule has 0 radical (unpaired) electrons. The first-order valence-electron chi connectivity index (χ1n) is 9.14. The summed E-state index contributed by atoms with van der Waals surface area (Å²) in [6, 6.07) is 13.3. The van der Waals surface area contributed by atoms with Crippen molar-refractivity contribution in [2.45, 2.75) is 25.1 Å². The second-order valence-electron chi connectivity index (χ2n) is 6.90. The largest absolute Gasteiger partial charge is 0.390 e. The number of aliphatic hydroxyl groups is 1. The zero-order valence-electron chi connectivity index (χ0n) is 15.0.